The van der Waals surface area contributed by atoms with Gasteiger partial charge in [-0.1, -0.05) is 6.07 Å². The van der Waals surface area contributed by atoms with Gasteiger partial charge in [0.2, 0.25) is 0 Å². The van der Waals surface area contributed by atoms with Crippen molar-refractivity contribution in [2.24, 2.45) is 0 Å². The Morgan fingerprint density at radius 1 is 1.44 bits per heavy atom. The van der Waals surface area contributed by atoms with Gasteiger partial charge in [-0.25, -0.2) is 14.0 Å². The minimum Gasteiger partial charge on any atom is -0.478 e. The topological polar surface area (TPSA) is 63.6 Å². The summed E-state index contributed by atoms with van der Waals surface area (Å²) in [6.45, 7) is 0. The van der Waals surface area contributed by atoms with Crippen LogP contribution in [0.1, 0.15) is 15.9 Å². The Hall–Kier alpha value is -2.17. The Morgan fingerprint density at radius 3 is 2.62 bits per heavy atom. The summed E-state index contributed by atoms with van der Waals surface area (Å²) in [5.74, 6) is -2.50. The first kappa shape index (κ1) is 11.9. The van der Waals surface area contributed by atoms with Crippen molar-refractivity contribution >= 4 is 18.0 Å². The Bertz CT molecular complexity index is 451. The van der Waals surface area contributed by atoms with Gasteiger partial charge in [-0.15, -0.1) is 0 Å². The third-order valence-electron chi connectivity index (χ3n) is 1.83. The van der Waals surface area contributed by atoms with E-state index in [-0.39, 0.29) is 11.1 Å². The zero-order valence-electron chi connectivity index (χ0n) is 8.44. The minimum absolute atomic E-state index is 0.0764. The predicted molar refractivity (Wildman–Crippen MR) is 54.4 cm³/mol. The van der Waals surface area contributed by atoms with Crippen molar-refractivity contribution in [3.8, 4) is 0 Å². The van der Waals surface area contributed by atoms with Crippen LogP contribution >= 0.6 is 0 Å². The molecular weight excluding hydrogens is 215 g/mol. The number of hydrogen-bond donors (Lipinski definition) is 1. The van der Waals surface area contributed by atoms with E-state index in [9.17, 15) is 14.0 Å². The number of aliphatic carboxylic acids is 1. The number of halogens is 1. The maximum absolute atomic E-state index is 13.3. The molecule has 0 aliphatic rings. The normalized spacial score (nSPS) is 10.4. The van der Waals surface area contributed by atoms with E-state index in [1.807, 2.05) is 0 Å². The molecule has 0 unspecified atom stereocenters. The molecule has 16 heavy (non-hydrogen) atoms. The second-order valence-electron chi connectivity index (χ2n) is 2.90. The van der Waals surface area contributed by atoms with Gasteiger partial charge in [0, 0.05) is 11.6 Å². The monoisotopic (exact) mass is 224 g/mol. The van der Waals surface area contributed by atoms with E-state index in [1.165, 1.54) is 19.2 Å². The summed E-state index contributed by atoms with van der Waals surface area (Å²) in [6, 6.07) is 3.66. The largest absolute Gasteiger partial charge is 0.478 e. The van der Waals surface area contributed by atoms with Crippen molar-refractivity contribution in [3.05, 3.63) is 41.2 Å². The van der Waals surface area contributed by atoms with Crippen LogP contribution in [0, 0.1) is 5.82 Å². The SMILES string of the molecule is COC(=O)c1ccc(C=CC(=O)O)c(F)c1. The van der Waals surface area contributed by atoms with Gasteiger partial charge in [-0.05, 0) is 18.2 Å². The molecular formula is C11H9FO4. The maximum atomic E-state index is 13.3. The summed E-state index contributed by atoms with van der Waals surface area (Å²) in [5, 5.41) is 8.36. The molecule has 0 aliphatic carbocycles. The second-order valence-corrected chi connectivity index (χ2v) is 2.90. The van der Waals surface area contributed by atoms with Gasteiger partial charge < -0.3 is 9.84 Å². The van der Waals surface area contributed by atoms with E-state index >= 15 is 0 Å². The van der Waals surface area contributed by atoms with Crippen LogP contribution in [0.3, 0.4) is 0 Å². The van der Waals surface area contributed by atoms with Gasteiger partial charge in [0.1, 0.15) is 5.82 Å². The van der Waals surface area contributed by atoms with Crippen LogP contribution in [0.25, 0.3) is 6.08 Å². The van der Waals surface area contributed by atoms with Gasteiger partial charge in [-0.2, -0.15) is 0 Å². The number of carbonyl (C=O) groups is 2. The molecule has 1 N–H and O–H groups in total. The molecule has 0 aliphatic heterocycles. The number of benzene rings is 1. The van der Waals surface area contributed by atoms with Crippen LogP contribution < -0.4 is 0 Å². The fourth-order valence-electron chi connectivity index (χ4n) is 1.07. The molecule has 0 spiro atoms. The number of hydrogen-bond acceptors (Lipinski definition) is 3. The molecule has 0 saturated heterocycles. The standard InChI is InChI=1S/C11H9FO4/c1-16-11(15)8-3-2-7(9(12)6-8)4-5-10(13)14/h2-6H,1H3,(H,13,14). The number of methoxy groups -OCH3 is 1. The average Bonchev–Trinajstić information content (AvgIpc) is 2.26. The predicted octanol–water partition coefficient (Wildman–Crippen LogP) is 1.71. The van der Waals surface area contributed by atoms with Crippen LogP contribution in [0.15, 0.2) is 24.3 Å². The highest BCUT2D eigenvalue weighted by Gasteiger charge is 2.08. The van der Waals surface area contributed by atoms with Crippen molar-refractivity contribution in [2.75, 3.05) is 7.11 Å². The Balaban J connectivity index is 3.00. The molecule has 0 radical (unpaired) electrons. The van der Waals surface area contributed by atoms with Crippen LogP contribution in [0.2, 0.25) is 0 Å². The quantitative estimate of drug-likeness (QED) is 0.627. The Kier molecular flexibility index (Phi) is 3.77. The molecule has 0 aromatic heterocycles. The molecule has 5 heteroatoms. The third-order valence-corrected chi connectivity index (χ3v) is 1.83. The first-order valence-corrected chi connectivity index (χ1v) is 4.33. The highest BCUT2D eigenvalue weighted by Crippen LogP contribution is 2.12. The van der Waals surface area contributed by atoms with Crippen molar-refractivity contribution < 1.29 is 23.8 Å². The zero-order chi connectivity index (χ0) is 12.1. The van der Waals surface area contributed by atoms with Gasteiger partial charge in [0.05, 0.1) is 12.7 Å². The highest BCUT2D eigenvalue weighted by molar-refractivity contribution is 5.90. The van der Waals surface area contributed by atoms with Gasteiger partial charge >= 0.3 is 11.9 Å². The van der Waals surface area contributed by atoms with E-state index in [4.69, 9.17) is 5.11 Å². The molecule has 0 amide bonds. The van der Waals surface area contributed by atoms with Crippen molar-refractivity contribution in [3.63, 3.8) is 0 Å². The summed E-state index contributed by atoms with van der Waals surface area (Å²) < 4.78 is 17.8. The molecule has 4 nitrogen and oxygen atoms in total. The molecule has 0 atom stereocenters. The number of esters is 1. The van der Waals surface area contributed by atoms with E-state index < -0.39 is 17.8 Å². The summed E-state index contributed by atoms with van der Waals surface area (Å²) in [6.07, 6.45) is 1.93. The molecule has 1 aromatic rings. The van der Waals surface area contributed by atoms with Gasteiger partial charge in [0.25, 0.3) is 0 Å². The number of carboxylic acids is 1. The molecule has 0 bridgehead atoms. The fraction of sp³-hybridized carbons (Fsp3) is 0.0909. The molecule has 0 saturated carbocycles. The fourth-order valence-corrected chi connectivity index (χ4v) is 1.07. The lowest BCUT2D eigenvalue weighted by Gasteiger charge is -2.01. The number of carbonyl (C=O) groups excluding carboxylic acids is 1. The molecule has 0 heterocycles. The average molecular weight is 224 g/mol. The molecule has 0 fully saturated rings. The van der Waals surface area contributed by atoms with Crippen molar-refractivity contribution in [1.82, 2.24) is 0 Å². The van der Waals surface area contributed by atoms with Crippen molar-refractivity contribution in [2.45, 2.75) is 0 Å². The summed E-state index contributed by atoms with van der Waals surface area (Å²) in [4.78, 5) is 21.3. The van der Waals surface area contributed by atoms with Gasteiger partial charge in [-0.3, -0.25) is 0 Å². The number of rotatable bonds is 3. The van der Waals surface area contributed by atoms with Gasteiger partial charge in [0.15, 0.2) is 0 Å². The molecule has 1 rings (SSSR count). The first-order valence-electron chi connectivity index (χ1n) is 4.33. The summed E-state index contributed by atoms with van der Waals surface area (Å²) >= 11 is 0. The summed E-state index contributed by atoms with van der Waals surface area (Å²) in [7, 11) is 1.19. The highest BCUT2D eigenvalue weighted by atomic mass is 19.1. The Morgan fingerprint density at radius 2 is 2.12 bits per heavy atom. The summed E-state index contributed by atoms with van der Waals surface area (Å²) in [5.41, 5.74) is 0.169. The van der Waals surface area contributed by atoms with Crippen LogP contribution in [0.5, 0.6) is 0 Å². The van der Waals surface area contributed by atoms with Crippen LogP contribution in [-0.2, 0) is 9.53 Å². The maximum Gasteiger partial charge on any atom is 0.337 e. The van der Waals surface area contributed by atoms with E-state index in [2.05, 4.69) is 4.74 Å². The van der Waals surface area contributed by atoms with Crippen molar-refractivity contribution in [1.29, 1.82) is 0 Å². The van der Waals surface area contributed by atoms with E-state index in [1.54, 1.807) is 0 Å². The minimum atomic E-state index is -1.17. The second kappa shape index (κ2) is 5.06. The molecule has 84 valence electrons. The Labute approximate surface area is 91.0 Å². The number of ether oxygens (including phenoxy) is 1. The lowest BCUT2D eigenvalue weighted by atomic mass is 10.1. The third kappa shape index (κ3) is 2.91. The lowest BCUT2D eigenvalue weighted by molar-refractivity contribution is -0.131. The van der Waals surface area contributed by atoms with Crippen LogP contribution in [0.4, 0.5) is 4.39 Å². The smallest absolute Gasteiger partial charge is 0.337 e. The van der Waals surface area contributed by atoms with E-state index in [0.717, 1.165) is 18.2 Å². The van der Waals surface area contributed by atoms with Crippen LogP contribution in [-0.4, -0.2) is 24.2 Å². The lowest BCUT2D eigenvalue weighted by Crippen LogP contribution is -2.02. The van der Waals surface area contributed by atoms with E-state index in [0.29, 0.717) is 0 Å². The number of carboxylic acid groups (broad SMARTS) is 1. The first-order chi connectivity index (χ1) is 7.54. The molecule has 1 aromatic carbocycles. The zero-order valence-corrected chi connectivity index (χ0v) is 8.44.